The Bertz CT molecular complexity index is 613. The molecule has 0 fully saturated rings. The van der Waals surface area contributed by atoms with Crippen LogP contribution in [-0.2, 0) is 0 Å². The van der Waals surface area contributed by atoms with E-state index >= 15 is 0 Å². The number of benzene rings is 1. The maximum absolute atomic E-state index is 5.22. The second-order valence-electron chi connectivity index (χ2n) is 5.68. The lowest BCUT2D eigenvalue weighted by Gasteiger charge is -2.11. The van der Waals surface area contributed by atoms with Gasteiger partial charge in [-0.1, -0.05) is 19.9 Å². The van der Waals surface area contributed by atoms with Gasteiger partial charge in [-0.05, 0) is 31.4 Å². The smallest absolute Gasteiger partial charge is 0.229 e. The maximum Gasteiger partial charge on any atom is 0.229 e. The van der Waals surface area contributed by atoms with Gasteiger partial charge in [-0.3, -0.25) is 0 Å². The number of hydrogen-bond acceptors (Lipinski definition) is 5. The van der Waals surface area contributed by atoms with E-state index in [2.05, 4.69) is 34.4 Å². The Labute approximate surface area is 132 Å². The van der Waals surface area contributed by atoms with Gasteiger partial charge in [-0.2, -0.15) is 4.98 Å². The third-order valence-electron chi connectivity index (χ3n) is 3.21. The average molecular weight is 300 g/mol. The predicted molar refractivity (Wildman–Crippen MR) is 91.0 cm³/mol. The van der Waals surface area contributed by atoms with Crippen molar-refractivity contribution >= 4 is 17.5 Å². The molecule has 0 aliphatic heterocycles. The third-order valence-corrected chi connectivity index (χ3v) is 3.21. The standard InChI is InChI=1S/C17H24N4O/c1-12(2)8-9-18-16-10-13(3)19-17(21-16)20-14-6-5-7-15(11-14)22-4/h5-7,10-12H,8-9H2,1-4H3,(H2,18,19,20,21). The first-order valence-corrected chi connectivity index (χ1v) is 7.57. The number of aryl methyl sites for hydroxylation is 1. The molecule has 0 aliphatic carbocycles. The number of aromatic nitrogens is 2. The molecule has 2 aromatic rings. The van der Waals surface area contributed by atoms with Gasteiger partial charge in [0.25, 0.3) is 0 Å². The number of methoxy groups -OCH3 is 1. The zero-order valence-corrected chi connectivity index (χ0v) is 13.7. The Morgan fingerprint density at radius 2 is 2.00 bits per heavy atom. The summed E-state index contributed by atoms with van der Waals surface area (Å²) < 4.78 is 5.22. The van der Waals surface area contributed by atoms with Gasteiger partial charge in [0.05, 0.1) is 7.11 Å². The minimum absolute atomic E-state index is 0.584. The molecule has 1 aromatic heterocycles. The molecule has 0 bridgehead atoms. The highest BCUT2D eigenvalue weighted by molar-refractivity contribution is 5.57. The Balaban J connectivity index is 2.08. The molecule has 1 heterocycles. The summed E-state index contributed by atoms with van der Waals surface area (Å²) >= 11 is 0. The summed E-state index contributed by atoms with van der Waals surface area (Å²) in [6, 6.07) is 9.66. The molecule has 5 heteroatoms. The van der Waals surface area contributed by atoms with Gasteiger partial charge in [0.2, 0.25) is 5.95 Å². The molecule has 0 saturated carbocycles. The summed E-state index contributed by atoms with van der Waals surface area (Å²) in [6.07, 6.45) is 1.11. The largest absolute Gasteiger partial charge is 0.497 e. The van der Waals surface area contributed by atoms with Gasteiger partial charge >= 0.3 is 0 Å². The lowest BCUT2D eigenvalue weighted by molar-refractivity contribution is 0.415. The quantitative estimate of drug-likeness (QED) is 0.809. The second kappa shape index (κ2) is 7.64. The fourth-order valence-electron chi connectivity index (χ4n) is 2.03. The first-order chi connectivity index (χ1) is 10.6. The average Bonchev–Trinajstić information content (AvgIpc) is 2.46. The molecule has 0 unspecified atom stereocenters. The summed E-state index contributed by atoms with van der Waals surface area (Å²) in [4.78, 5) is 8.93. The first-order valence-electron chi connectivity index (χ1n) is 7.57. The van der Waals surface area contributed by atoms with Crippen LogP contribution in [0.15, 0.2) is 30.3 Å². The Morgan fingerprint density at radius 1 is 1.18 bits per heavy atom. The van der Waals surface area contributed by atoms with E-state index in [-0.39, 0.29) is 0 Å². The highest BCUT2D eigenvalue weighted by atomic mass is 16.5. The predicted octanol–water partition coefficient (Wildman–Crippen LogP) is 4.00. The molecule has 22 heavy (non-hydrogen) atoms. The normalized spacial score (nSPS) is 10.6. The van der Waals surface area contributed by atoms with Crippen LogP contribution in [0.5, 0.6) is 5.75 Å². The number of ether oxygens (including phenoxy) is 1. The highest BCUT2D eigenvalue weighted by Crippen LogP contribution is 2.20. The summed E-state index contributed by atoms with van der Waals surface area (Å²) in [5, 5.41) is 6.57. The molecule has 0 saturated heterocycles. The van der Waals surface area contributed by atoms with Gasteiger partial charge in [0.1, 0.15) is 11.6 Å². The van der Waals surface area contributed by atoms with E-state index in [1.165, 1.54) is 0 Å². The van der Waals surface area contributed by atoms with Crippen molar-refractivity contribution < 1.29 is 4.74 Å². The van der Waals surface area contributed by atoms with E-state index < -0.39 is 0 Å². The molecule has 5 nitrogen and oxygen atoms in total. The zero-order chi connectivity index (χ0) is 15.9. The van der Waals surface area contributed by atoms with Crippen LogP contribution in [0.25, 0.3) is 0 Å². The molecule has 1 aromatic carbocycles. The summed E-state index contributed by atoms with van der Waals surface area (Å²) in [5.41, 5.74) is 1.82. The first kappa shape index (κ1) is 16.1. The van der Waals surface area contributed by atoms with Crippen LogP contribution in [0.3, 0.4) is 0 Å². The van der Waals surface area contributed by atoms with Crippen LogP contribution >= 0.6 is 0 Å². The van der Waals surface area contributed by atoms with Crippen molar-refractivity contribution in [1.29, 1.82) is 0 Å². The lowest BCUT2D eigenvalue weighted by atomic mass is 10.1. The SMILES string of the molecule is COc1cccc(Nc2nc(C)cc(NCCC(C)C)n2)c1. The molecule has 118 valence electrons. The van der Waals surface area contributed by atoms with Crippen molar-refractivity contribution in [3.8, 4) is 5.75 Å². The van der Waals surface area contributed by atoms with Crippen LogP contribution in [0.1, 0.15) is 26.0 Å². The minimum Gasteiger partial charge on any atom is -0.497 e. The molecule has 2 rings (SSSR count). The summed E-state index contributed by atoms with van der Waals surface area (Å²) in [6.45, 7) is 7.30. The number of nitrogens with one attached hydrogen (secondary N) is 2. The van der Waals surface area contributed by atoms with Crippen LogP contribution in [-0.4, -0.2) is 23.6 Å². The number of hydrogen-bond donors (Lipinski definition) is 2. The third kappa shape index (κ3) is 4.91. The van der Waals surface area contributed by atoms with E-state index in [4.69, 9.17) is 4.74 Å². The molecule has 0 radical (unpaired) electrons. The van der Waals surface area contributed by atoms with E-state index in [0.29, 0.717) is 11.9 Å². The van der Waals surface area contributed by atoms with Crippen LogP contribution in [0.2, 0.25) is 0 Å². The molecule has 0 amide bonds. The lowest BCUT2D eigenvalue weighted by Crippen LogP contribution is -2.08. The second-order valence-corrected chi connectivity index (χ2v) is 5.68. The van der Waals surface area contributed by atoms with E-state index in [0.717, 1.165) is 35.9 Å². The van der Waals surface area contributed by atoms with Crippen molar-refractivity contribution in [2.24, 2.45) is 5.92 Å². The van der Waals surface area contributed by atoms with E-state index in [1.54, 1.807) is 7.11 Å². The van der Waals surface area contributed by atoms with Crippen LogP contribution in [0, 0.1) is 12.8 Å². The van der Waals surface area contributed by atoms with Gasteiger partial charge < -0.3 is 15.4 Å². The minimum atomic E-state index is 0.584. The Morgan fingerprint density at radius 3 is 2.73 bits per heavy atom. The fourth-order valence-corrected chi connectivity index (χ4v) is 2.03. The summed E-state index contributed by atoms with van der Waals surface area (Å²) in [7, 11) is 1.65. The molecule has 2 N–H and O–H groups in total. The van der Waals surface area contributed by atoms with Crippen molar-refractivity contribution in [2.75, 3.05) is 24.3 Å². The molecular formula is C17H24N4O. The monoisotopic (exact) mass is 300 g/mol. The van der Waals surface area contributed by atoms with Crippen LogP contribution < -0.4 is 15.4 Å². The van der Waals surface area contributed by atoms with Gasteiger partial charge in [0, 0.05) is 30.1 Å². The maximum atomic E-state index is 5.22. The van der Waals surface area contributed by atoms with Gasteiger partial charge in [-0.25, -0.2) is 4.98 Å². The van der Waals surface area contributed by atoms with E-state index in [1.807, 2.05) is 37.3 Å². The number of anilines is 3. The van der Waals surface area contributed by atoms with Crippen molar-refractivity contribution in [3.05, 3.63) is 36.0 Å². The van der Waals surface area contributed by atoms with E-state index in [9.17, 15) is 0 Å². The Hall–Kier alpha value is -2.30. The van der Waals surface area contributed by atoms with Crippen molar-refractivity contribution in [2.45, 2.75) is 27.2 Å². The number of rotatable bonds is 7. The van der Waals surface area contributed by atoms with Gasteiger partial charge in [-0.15, -0.1) is 0 Å². The molecular weight excluding hydrogens is 276 g/mol. The number of nitrogens with zero attached hydrogens (tertiary/aromatic N) is 2. The zero-order valence-electron chi connectivity index (χ0n) is 13.7. The summed E-state index contributed by atoms with van der Waals surface area (Å²) in [5.74, 6) is 2.90. The van der Waals surface area contributed by atoms with Gasteiger partial charge in [0.15, 0.2) is 0 Å². The molecule has 0 atom stereocenters. The fraction of sp³-hybridized carbons (Fsp3) is 0.412. The molecule has 0 aliphatic rings. The highest BCUT2D eigenvalue weighted by Gasteiger charge is 2.04. The molecule has 0 spiro atoms. The van der Waals surface area contributed by atoms with Crippen LogP contribution in [0.4, 0.5) is 17.5 Å². The Kier molecular flexibility index (Phi) is 5.58. The van der Waals surface area contributed by atoms with Crippen molar-refractivity contribution in [3.63, 3.8) is 0 Å². The topological polar surface area (TPSA) is 59.1 Å². The van der Waals surface area contributed by atoms with Crippen molar-refractivity contribution in [1.82, 2.24) is 9.97 Å².